The number of benzene rings is 1. The number of carbonyl (C=O) groups excluding carboxylic acids is 1. The zero-order valence-electron chi connectivity index (χ0n) is 14.1. The lowest BCUT2D eigenvalue weighted by Crippen LogP contribution is -2.17. The SMILES string of the molecule is CCOC(=O)COc1cc2oc(=O)c3c(c2cc1CC)CCCC3. The number of hydrogen-bond acceptors (Lipinski definition) is 5. The summed E-state index contributed by atoms with van der Waals surface area (Å²) in [5.74, 6) is 0.156. The number of aryl methyl sites for hydroxylation is 2. The van der Waals surface area contributed by atoms with E-state index in [-0.39, 0.29) is 12.2 Å². The Morgan fingerprint density at radius 2 is 1.92 bits per heavy atom. The van der Waals surface area contributed by atoms with E-state index in [1.54, 1.807) is 13.0 Å². The predicted octanol–water partition coefficient (Wildman–Crippen LogP) is 3.18. The standard InChI is InChI=1S/C19H22O5/c1-3-12-9-15-13-7-5-6-8-14(13)19(21)24-17(15)10-16(12)23-11-18(20)22-4-2/h9-10H,3-8,11H2,1-2H3. The molecule has 0 radical (unpaired) electrons. The minimum atomic E-state index is -0.411. The van der Waals surface area contributed by atoms with E-state index in [2.05, 4.69) is 0 Å². The molecular weight excluding hydrogens is 308 g/mol. The number of carbonyl (C=O) groups is 1. The van der Waals surface area contributed by atoms with Gasteiger partial charge in [0, 0.05) is 17.0 Å². The Balaban J connectivity index is 2.02. The number of hydrogen-bond donors (Lipinski definition) is 0. The first kappa shape index (κ1) is 16.6. The third-order valence-corrected chi connectivity index (χ3v) is 4.44. The molecule has 1 heterocycles. The van der Waals surface area contributed by atoms with Crippen LogP contribution < -0.4 is 10.4 Å². The molecular formula is C19H22O5. The van der Waals surface area contributed by atoms with E-state index in [0.717, 1.165) is 54.2 Å². The molecule has 5 nitrogen and oxygen atoms in total. The van der Waals surface area contributed by atoms with E-state index in [1.807, 2.05) is 13.0 Å². The molecule has 0 bridgehead atoms. The van der Waals surface area contributed by atoms with Crippen molar-refractivity contribution in [3.63, 3.8) is 0 Å². The van der Waals surface area contributed by atoms with Gasteiger partial charge in [0.1, 0.15) is 11.3 Å². The van der Waals surface area contributed by atoms with Crippen molar-refractivity contribution in [2.24, 2.45) is 0 Å². The normalized spacial score (nSPS) is 13.6. The van der Waals surface area contributed by atoms with E-state index >= 15 is 0 Å². The van der Waals surface area contributed by atoms with Gasteiger partial charge in [0.05, 0.1) is 6.61 Å². The molecule has 128 valence electrons. The number of ether oxygens (including phenoxy) is 2. The second-order valence-corrected chi connectivity index (χ2v) is 5.96. The lowest BCUT2D eigenvalue weighted by molar-refractivity contribution is -0.145. The molecule has 0 aliphatic heterocycles. The number of esters is 1. The molecule has 0 fully saturated rings. The molecule has 1 aliphatic rings. The molecule has 0 saturated heterocycles. The van der Waals surface area contributed by atoms with Gasteiger partial charge in [0.2, 0.25) is 0 Å². The summed E-state index contributed by atoms with van der Waals surface area (Å²) in [6.07, 6.45) is 4.58. The van der Waals surface area contributed by atoms with Crippen LogP contribution in [0, 0.1) is 0 Å². The Bertz CT molecular complexity index is 819. The summed E-state index contributed by atoms with van der Waals surface area (Å²) in [4.78, 5) is 23.7. The quantitative estimate of drug-likeness (QED) is 0.622. The van der Waals surface area contributed by atoms with Crippen molar-refractivity contribution in [1.82, 2.24) is 0 Å². The maximum absolute atomic E-state index is 12.2. The smallest absolute Gasteiger partial charge is 0.344 e. The van der Waals surface area contributed by atoms with Crippen LogP contribution >= 0.6 is 0 Å². The molecule has 2 aromatic rings. The van der Waals surface area contributed by atoms with E-state index < -0.39 is 5.97 Å². The Hall–Kier alpha value is -2.30. The minimum absolute atomic E-state index is 0.151. The monoisotopic (exact) mass is 330 g/mol. The van der Waals surface area contributed by atoms with E-state index in [4.69, 9.17) is 13.9 Å². The van der Waals surface area contributed by atoms with Crippen molar-refractivity contribution in [3.8, 4) is 5.75 Å². The highest BCUT2D eigenvalue weighted by atomic mass is 16.6. The second-order valence-electron chi connectivity index (χ2n) is 5.96. The van der Waals surface area contributed by atoms with Crippen molar-refractivity contribution in [1.29, 1.82) is 0 Å². The van der Waals surface area contributed by atoms with Crippen LogP contribution in [0.1, 0.15) is 43.4 Å². The molecule has 1 aromatic carbocycles. The summed E-state index contributed by atoms with van der Waals surface area (Å²) in [5, 5.41) is 0.990. The van der Waals surface area contributed by atoms with Gasteiger partial charge < -0.3 is 13.9 Å². The van der Waals surface area contributed by atoms with Gasteiger partial charge in [-0.3, -0.25) is 0 Å². The molecule has 5 heteroatoms. The Labute approximate surface area is 140 Å². The average molecular weight is 330 g/mol. The summed E-state index contributed by atoms with van der Waals surface area (Å²) >= 11 is 0. The van der Waals surface area contributed by atoms with Gasteiger partial charge in [-0.2, -0.15) is 0 Å². The Morgan fingerprint density at radius 1 is 1.17 bits per heavy atom. The molecule has 1 aromatic heterocycles. The molecule has 0 saturated carbocycles. The van der Waals surface area contributed by atoms with Crippen LogP contribution in [-0.4, -0.2) is 19.2 Å². The first-order valence-electron chi connectivity index (χ1n) is 8.54. The first-order valence-corrected chi connectivity index (χ1v) is 8.54. The Kier molecular flexibility index (Phi) is 4.88. The van der Waals surface area contributed by atoms with Crippen molar-refractivity contribution < 1.29 is 18.7 Å². The van der Waals surface area contributed by atoms with Crippen LogP contribution in [0.15, 0.2) is 21.3 Å². The fourth-order valence-corrected chi connectivity index (χ4v) is 3.27. The zero-order valence-corrected chi connectivity index (χ0v) is 14.1. The summed E-state index contributed by atoms with van der Waals surface area (Å²) in [6.45, 7) is 3.95. The average Bonchev–Trinajstić information content (AvgIpc) is 2.60. The van der Waals surface area contributed by atoms with Gasteiger partial charge in [-0.1, -0.05) is 6.92 Å². The molecule has 1 aliphatic carbocycles. The predicted molar refractivity (Wildman–Crippen MR) is 90.6 cm³/mol. The highest BCUT2D eigenvalue weighted by Gasteiger charge is 2.19. The van der Waals surface area contributed by atoms with Crippen LogP contribution in [-0.2, 0) is 28.8 Å². The fourth-order valence-electron chi connectivity index (χ4n) is 3.27. The van der Waals surface area contributed by atoms with Crippen LogP contribution in [0.2, 0.25) is 0 Å². The Morgan fingerprint density at radius 3 is 2.62 bits per heavy atom. The molecule has 0 unspecified atom stereocenters. The maximum Gasteiger partial charge on any atom is 0.344 e. The fraction of sp³-hybridized carbons (Fsp3) is 0.474. The summed E-state index contributed by atoms with van der Waals surface area (Å²) in [7, 11) is 0. The van der Waals surface area contributed by atoms with E-state index in [1.165, 1.54) is 0 Å². The van der Waals surface area contributed by atoms with Gasteiger partial charge in [0.15, 0.2) is 6.61 Å². The molecule has 3 rings (SSSR count). The van der Waals surface area contributed by atoms with Crippen molar-refractivity contribution in [3.05, 3.63) is 39.2 Å². The van der Waals surface area contributed by atoms with Crippen LogP contribution in [0.5, 0.6) is 5.75 Å². The summed E-state index contributed by atoms with van der Waals surface area (Å²) < 4.78 is 16.0. The highest BCUT2D eigenvalue weighted by molar-refractivity contribution is 5.84. The van der Waals surface area contributed by atoms with Crippen LogP contribution in [0.4, 0.5) is 0 Å². The second kappa shape index (κ2) is 7.07. The lowest BCUT2D eigenvalue weighted by Gasteiger charge is -2.18. The molecule has 0 spiro atoms. The van der Waals surface area contributed by atoms with E-state index in [9.17, 15) is 9.59 Å². The third kappa shape index (κ3) is 3.16. The van der Waals surface area contributed by atoms with Gasteiger partial charge >= 0.3 is 11.6 Å². The zero-order chi connectivity index (χ0) is 17.1. The molecule has 24 heavy (non-hydrogen) atoms. The van der Waals surface area contributed by atoms with Gasteiger partial charge in [-0.25, -0.2) is 9.59 Å². The van der Waals surface area contributed by atoms with Crippen LogP contribution in [0.25, 0.3) is 11.0 Å². The number of fused-ring (bicyclic) bond motifs is 3. The van der Waals surface area contributed by atoms with Crippen molar-refractivity contribution >= 4 is 16.9 Å². The lowest BCUT2D eigenvalue weighted by atomic mass is 9.90. The van der Waals surface area contributed by atoms with Crippen molar-refractivity contribution in [2.45, 2.75) is 46.0 Å². The largest absolute Gasteiger partial charge is 0.481 e. The van der Waals surface area contributed by atoms with Gasteiger partial charge in [-0.05, 0) is 56.2 Å². The topological polar surface area (TPSA) is 65.7 Å². The summed E-state index contributed by atoms with van der Waals surface area (Å²) in [5.41, 5.74) is 3.19. The third-order valence-electron chi connectivity index (χ3n) is 4.44. The van der Waals surface area contributed by atoms with Gasteiger partial charge in [-0.15, -0.1) is 0 Å². The molecule has 0 amide bonds. The van der Waals surface area contributed by atoms with Crippen molar-refractivity contribution in [2.75, 3.05) is 13.2 Å². The minimum Gasteiger partial charge on any atom is -0.481 e. The maximum atomic E-state index is 12.2. The summed E-state index contributed by atoms with van der Waals surface area (Å²) in [6, 6.07) is 3.76. The molecule has 0 N–H and O–H groups in total. The van der Waals surface area contributed by atoms with Crippen LogP contribution in [0.3, 0.4) is 0 Å². The van der Waals surface area contributed by atoms with E-state index in [0.29, 0.717) is 17.9 Å². The highest BCUT2D eigenvalue weighted by Crippen LogP contribution is 2.32. The first-order chi connectivity index (χ1) is 11.6. The molecule has 0 atom stereocenters. The van der Waals surface area contributed by atoms with Gasteiger partial charge in [0.25, 0.3) is 0 Å². The number of rotatable bonds is 5.